The van der Waals surface area contributed by atoms with Crippen LogP contribution in [-0.2, 0) is 6.42 Å². The third-order valence-corrected chi connectivity index (χ3v) is 3.68. The van der Waals surface area contributed by atoms with E-state index in [-0.39, 0.29) is 23.3 Å². The van der Waals surface area contributed by atoms with Gasteiger partial charge in [0.1, 0.15) is 11.5 Å². The van der Waals surface area contributed by atoms with Crippen LogP contribution in [0.1, 0.15) is 32.7 Å². The molecule has 0 atom stereocenters. The Hall–Kier alpha value is -3.02. The van der Waals surface area contributed by atoms with Crippen molar-refractivity contribution in [3.63, 3.8) is 0 Å². The summed E-state index contributed by atoms with van der Waals surface area (Å²) in [5.74, 6) is -0.692. The molecule has 0 aliphatic carbocycles. The Morgan fingerprint density at radius 2 is 1.74 bits per heavy atom. The van der Waals surface area contributed by atoms with E-state index in [1.165, 1.54) is 6.07 Å². The van der Waals surface area contributed by atoms with E-state index >= 15 is 0 Å². The quantitative estimate of drug-likeness (QED) is 0.500. The fourth-order valence-electron chi connectivity index (χ4n) is 2.68. The molecule has 0 saturated carbocycles. The number of rotatable bonds is 5. The third-order valence-electron chi connectivity index (χ3n) is 3.68. The van der Waals surface area contributed by atoms with Crippen LogP contribution in [0.15, 0.2) is 36.4 Å². The number of aryl methyl sites for hydroxylation is 1. The molecule has 0 radical (unpaired) electrons. The van der Waals surface area contributed by atoms with E-state index in [2.05, 4.69) is 10.6 Å². The van der Waals surface area contributed by atoms with Gasteiger partial charge in [-0.25, -0.2) is 0 Å². The second-order valence-corrected chi connectivity index (χ2v) is 5.40. The Morgan fingerprint density at radius 3 is 2.48 bits per heavy atom. The van der Waals surface area contributed by atoms with Gasteiger partial charge < -0.3 is 15.5 Å². The molecule has 4 N–H and O–H groups in total. The van der Waals surface area contributed by atoms with Gasteiger partial charge in [-0.15, -0.1) is 0 Å². The molecule has 118 valence electrons. The predicted molar refractivity (Wildman–Crippen MR) is 84.8 cm³/mol. The van der Waals surface area contributed by atoms with Crippen molar-refractivity contribution in [2.75, 3.05) is 11.9 Å². The Morgan fingerprint density at radius 1 is 1.00 bits per heavy atom. The zero-order valence-electron chi connectivity index (χ0n) is 12.3. The van der Waals surface area contributed by atoms with Gasteiger partial charge in [0.15, 0.2) is 0 Å². The van der Waals surface area contributed by atoms with E-state index in [9.17, 15) is 19.8 Å². The highest BCUT2D eigenvalue weighted by atomic mass is 16.3. The summed E-state index contributed by atoms with van der Waals surface area (Å²) in [4.78, 5) is 23.4. The molecule has 2 amide bonds. The molecule has 1 aliphatic rings. The van der Waals surface area contributed by atoms with Crippen molar-refractivity contribution in [1.82, 2.24) is 5.32 Å². The third kappa shape index (κ3) is 3.11. The Bertz CT molecular complexity index is 766. The van der Waals surface area contributed by atoms with Crippen molar-refractivity contribution in [1.29, 1.82) is 0 Å². The Balaban J connectivity index is 1.62. The summed E-state index contributed by atoms with van der Waals surface area (Å²) in [6, 6.07) is 9.60. The van der Waals surface area contributed by atoms with E-state index < -0.39 is 0 Å². The zero-order chi connectivity index (χ0) is 16.4. The first-order chi connectivity index (χ1) is 11.0. The largest absolute Gasteiger partial charge is 0.508 e. The van der Waals surface area contributed by atoms with Gasteiger partial charge in [-0.05, 0) is 42.7 Å². The molecule has 6 nitrogen and oxygen atoms in total. The number of phenols is 2. The van der Waals surface area contributed by atoms with Gasteiger partial charge in [0.25, 0.3) is 11.8 Å². The summed E-state index contributed by atoms with van der Waals surface area (Å²) in [5.41, 5.74) is 2.23. The minimum atomic E-state index is -0.383. The number of carbonyl (C=O) groups excluding carboxylic acids is 2. The van der Waals surface area contributed by atoms with Crippen LogP contribution in [-0.4, -0.2) is 28.6 Å². The average molecular weight is 312 g/mol. The SMILES string of the molecule is O=C1NC(=O)c2c(NCCCc3cc(O)cc(O)c3)cccc21. The van der Waals surface area contributed by atoms with Crippen molar-refractivity contribution in [3.8, 4) is 11.5 Å². The van der Waals surface area contributed by atoms with Crippen molar-refractivity contribution < 1.29 is 19.8 Å². The topological polar surface area (TPSA) is 98.7 Å². The zero-order valence-corrected chi connectivity index (χ0v) is 12.3. The lowest BCUT2D eigenvalue weighted by Crippen LogP contribution is -2.20. The number of phenolic OH excluding ortho intramolecular Hbond substituents is 2. The van der Waals surface area contributed by atoms with Crippen LogP contribution in [0.25, 0.3) is 0 Å². The van der Waals surface area contributed by atoms with Crippen molar-refractivity contribution in [2.45, 2.75) is 12.8 Å². The van der Waals surface area contributed by atoms with Crippen LogP contribution in [0.4, 0.5) is 5.69 Å². The molecule has 6 heteroatoms. The molecule has 0 fully saturated rings. The van der Waals surface area contributed by atoms with E-state index in [1.807, 2.05) is 0 Å². The number of imide groups is 1. The fourth-order valence-corrected chi connectivity index (χ4v) is 2.68. The van der Waals surface area contributed by atoms with Gasteiger partial charge in [0, 0.05) is 18.3 Å². The monoisotopic (exact) mass is 312 g/mol. The molecule has 2 aromatic rings. The minimum absolute atomic E-state index is 0.0315. The van der Waals surface area contributed by atoms with E-state index in [0.717, 1.165) is 12.0 Å². The highest BCUT2D eigenvalue weighted by molar-refractivity contribution is 6.23. The number of amides is 2. The lowest BCUT2D eigenvalue weighted by atomic mass is 10.1. The second kappa shape index (κ2) is 6.00. The number of hydrogen-bond acceptors (Lipinski definition) is 5. The smallest absolute Gasteiger partial charge is 0.261 e. The van der Waals surface area contributed by atoms with Gasteiger partial charge in [0.05, 0.1) is 11.1 Å². The van der Waals surface area contributed by atoms with Crippen LogP contribution in [0.3, 0.4) is 0 Å². The van der Waals surface area contributed by atoms with Gasteiger partial charge >= 0.3 is 0 Å². The summed E-state index contributed by atoms with van der Waals surface area (Å²) in [6.07, 6.45) is 1.40. The minimum Gasteiger partial charge on any atom is -0.508 e. The highest BCUT2D eigenvalue weighted by Gasteiger charge is 2.28. The number of carbonyl (C=O) groups is 2. The lowest BCUT2D eigenvalue weighted by Gasteiger charge is -2.09. The first kappa shape index (κ1) is 14.9. The number of benzene rings is 2. The standard InChI is InChI=1S/C17H16N2O4/c20-11-7-10(8-12(21)9-11)3-2-6-18-14-5-1-4-13-15(14)17(23)19-16(13)22/h1,4-5,7-9,18,20-21H,2-3,6H2,(H,19,22,23). The van der Waals surface area contributed by atoms with E-state index in [1.54, 1.807) is 30.3 Å². The molecule has 0 saturated heterocycles. The summed E-state index contributed by atoms with van der Waals surface area (Å²) >= 11 is 0. The van der Waals surface area contributed by atoms with E-state index in [0.29, 0.717) is 29.8 Å². The fraction of sp³-hybridized carbons (Fsp3) is 0.176. The van der Waals surface area contributed by atoms with Crippen LogP contribution in [0, 0.1) is 0 Å². The normalized spacial score (nSPS) is 12.9. The molecule has 2 aromatic carbocycles. The molecule has 1 aliphatic heterocycles. The summed E-state index contributed by atoms with van der Waals surface area (Å²) < 4.78 is 0. The Kier molecular flexibility index (Phi) is 3.89. The first-order valence-corrected chi connectivity index (χ1v) is 7.29. The van der Waals surface area contributed by atoms with Crippen LogP contribution >= 0.6 is 0 Å². The first-order valence-electron chi connectivity index (χ1n) is 7.29. The summed E-state index contributed by atoms with van der Waals surface area (Å²) in [7, 11) is 0. The predicted octanol–water partition coefficient (Wildman–Crippen LogP) is 2.03. The van der Waals surface area contributed by atoms with Gasteiger partial charge in [-0.1, -0.05) is 6.07 Å². The number of aromatic hydroxyl groups is 2. The second-order valence-electron chi connectivity index (χ2n) is 5.40. The molecule has 1 heterocycles. The molecular weight excluding hydrogens is 296 g/mol. The summed E-state index contributed by atoms with van der Waals surface area (Å²) in [5, 5.41) is 24.3. The van der Waals surface area contributed by atoms with Crippen LogP contribution in [0.5, 0.6) is 11.5 Å². The Labute approximate surface area is 132 Å². The van der Waals surface area contributed by atoms with Crippen molar-refractivity contribution in [2.24, 2.45) is 0 Å². The van der Waals surface area contributed by atoms with E-state index in [4.69, 9.17) is 0 Å². The molecule has 3 rings (SSSR count). The maximum atomic E-state index is 11.8. The number of fused-ring (bicyclic) bond motifs is 1. The number of anilines is 1. The molecule has 0 bridgehead atoms. The highest BCUT2D eigenvalue weighted by Crippen LogP contribution is 2.25. The van der Waals surface area contributed by atoms with Crippen molar-refractivity contribution >= 4 is 17.5 Å². The van der Waals surface area contributed by atoms with Gasteiger partial charge in [-0.3, -0.25) is 14.9 Å². The van der Waals surface area contributed by atoms with Crippen molar-refractivity contribution in [3.05, 3.63) is 53.1 Å². The van der Waals surface area contributed by atoms with Gasteiger partial charge in [0.2, 0.25) is 0 Å². The van der Waals surface area contributed by atoms with Crippen LogP contribution < -0.4 is 10.6 Å². The molecule has 23 heavy (non-hydrogen) atoms. The average Bonchev–Trinajstić information content (AvgIpc) is 2.78. The summed E-state index contributed by atoms with van der Waals surface area (Å²) in [6.45, 7) is 0.592. The molecule has 0 spiro atoms. The number of hydrogen-bond donors (Lipinski definition) is 4. The number of nitrogens with one attached hydrogen (secondary N) is 2. The lowest BCUT2D eigenvalue weighted by molar-refractivity contribution is 0.0880. The molecule has 0 unspecified atom stereocenters. The van der Waals surface area contributed by atoms with Gasteiger partial charge in [-0.2, -0.15) is 0 Å². The maximum absolute atomic E-state index is 11.8. The van der Waals surface area contributed by atoms with Crippen LogP contribution in [0.2, 0.25) is 0 Å². The molecular formula is C17H16N2O4. The maximum Gasteiger partial charge on any atom is 0.261 e. The molecule has 0 aromatic heterocycles.